The highest BCUT2D eigenvalue weighted by Gasteiger charge is 2.17. The third-order valence-corrected chi connectivity index (χ3v) is 6.15. The Hall–Kier alpha value is -2.40. The first-order valence-electron chi connectivity index (χ1n) is 10.9. The summed E-state index contributed by atoms with van der Waals surface area (Å²) >= 11 is 0. The van der Waals surface area contributed by atoms with Crippen LogP contribution in [0.25, 0.3) is 11.3 Å². The van der Waals surface area contributed by atoms with Crippen LogP contribution in [0.4, 0.5) is 0 Å². The second-order valence-electron chi connectivity index (χ2n) is 8.64. The van der Waals surface area contributed by atoms with Crippen molar-refractivity contribution in [2.24, 2.45) is 14.1 Å². The summed E-state index contributed by atoms with van der Waals surface area (Å²) in [4.78, 5) is 2.36. The third-order valence-electron chi connectivity index (χ3n) is 6.15. The van der Waals surface area contributed by atoms with Gasteiger partial charge in [-0.15, -0.1) is 0 Å². The molecule has 1 aromatic carbocycles. The van der Waals surface area contributed by atoms with Crippen molar-refractivity contribution in [3.63, 3.8) is 0 Å². The Balaban J connectivity index is 1.43. The summed E-state index contributed by atoms with van der Waals surface area (Å²) in [7, 11) is 6.16. The molecule has 0 radical (unpaired) electrons. The Kier molecular flexibility index (Phi) is 6.14. The van der Waals surface area contributed by atoms with E-state index in [-0.39, 0.29) is 0 Å². The van der Waals surface area contributed by atoms with E-state index >= 15 is 0 Å². The van der Waals surface area contributed by atoms with Crippen molar-refractivity contribution in [2.45, 2.75) is 51.0 Å². The smallest absolute Gasteiger partial charge is 0.0968 e. The lowest BCUT2D eigenvalue weighted by Gasteiger charge is -2.22. The van der Waals surface area contributed by atoms with Gasteiger partial charge in [-0.1, -0.05) is 43.5 Å². The minimum atomic E-state index is 0.750. The van der Waals surface area contributed by atoms with Gasteiger partial charge in [-0.05, 0) is 43.4 Å². The molecule has 2 heterocycles. The second kappa shape index (κ2) is 8.95. The number of aromatic nitrogens is 4. The molecule has 0 amide bonds. The highest BCUT2D eigenvalue weighted by atomic mass is 15.3. The van der Waals surface area contributed by atoms with Crippen LogP contribution in [0, 0.1) is 0 Å². The maximum Gasteiger partial charge on any atom is 0.0968 e. The van der Waals surface area contributed by atoms with Gasteiger partial charge >= 0.3 is 0 Å². The van der Waals surface area contributed by atoms with E-state index < -0.39 is 0 Å². The number of likely N-dealkylation sites (N-methyl/N-ethyl adjacent to an activating group) is 1. The average molecular weight is 392 g/mol. The molecule has 0 spiro atoms. The van der Waals surface area contributed by atoms with Crippen LogP contribution >= 0.6 is 0 Å². The van der Waals surface area contributed by atoms with E-state index in [0.29, 0.717) is 0 Å². The van der Waals surface area contributed by atoms with Crippen LogP contribution in [-0.2, 0) is 27.1 Å². The molecule has 5 nitrogen and oxygen atoms in total. The van der Waals surface area contributed by atoms with Gasteiger partial charge in [0.25, 0.3) is 0 Å². The van der Waals surface area contributed by atoms with Crippen LogP contribution in [-0.4, -0.2) is 38.1 Å². The predicted molar refractivity (Wildman–Crippen MR) is 118 cm³/mol. The number of rotatable bonds is 7. The molecule has 1 aliphatic rings. The Morgan fingerprint density at radius 2 is 1.76 bits per heavy atom. The topological polar surface area (TPSA) is 38.9 Å². The normalized spacial score (nSPS) is 15.3. The summed E-state index contributed by atoms with van der Waals surface area (Å²) in [5.74, 6) is 0.750. The zero-order valence-electron chi connectivity index (χ0n) is 18.0. The molecular weight excluding hydrogens is 358 g/mol. The van der Waals surface area contributed by atoms with Crippen molar-refractivity contribution in [3.05, 3.63) is 59.5 Å². The van der Waals surface area contributed by atoms with Crippen molar-refractivity contribution >= 4 is 0 Å². The molecule has 0 N–H and O–H groups in total. The summed E-state index contributed by atoms with van der Waals surface area (Å²) in [6.45, 7) is 1.90. The molecule has 0 aliphatic heterocycles. The van der Waals surface area contributed by atoms with Crippen molar-refractivity contribution < 1.29 is 0 Å². The van der Waals surface area contributed by atoms with E-state index in [1.54, 1.807) is 0 Å². The van der Waals surface area contributed by atoms with Crippen LogP contribution in [0.15, 0.2) is 42.9 Å². The first-order chi connectivity index (χ1) is 14.1. The predicted octanol–water partition coefficient (Wildman–Crippen LogP) is 4.54. The lowest BCUT2D eigenvalue weighted by atomic mass is 9.84. The van der Waals surface area contributed by atoms with Gasteiger partial charge in [-0.2, -0.15) is 10.2 Å². The number of nitrogens with zero attached hydrogens (tertiary/aromatic N) is 5. The number of hydrogen-bond acceptors (Lipinski definition) is 3. The Labute approximate surface area is 174 Å². The molecule has 4 rings (SSSR count). The second-order valence-corrected chi connectivity index (χ2v) is 8.64. The van der Waals surface area contributed by atoms with Crippen LogP contribution in [0.1, 0.15) is 54.7 Å². The first-order valence-corrected chi connectivity index (χ1v) is 10.9. The fourth-order valence-electron chi connectivity index (χ4n) is 4.54. The lowest BCUT2D eigenvalue weighted by molar-refractivity contribution is 0.331. The standard InChI is InChI=1S/C24H33N5/c1-27(14-13-19-15-25-28(2)16-19)17-23-18-29(3)26-24(23)22-11-9-21(10-12-22)20-7-5-4-6-8-20/h9-12,15-16,18,20H,4-8,13-14,17H2,1-3H3. The maximum absolute atomic E-state index is 4.77. The molecule has 29 heavy (non-hydrogen) atoms. The van der Waals surface area contributed by atoms with Gasteiger partial charge in [0.2, 0.25) is 0 Å². The minimum absolute atomic E-state index is 0.750. The van der Waals surface area contributed by atoms with E-state index in [4.69, 9.17) is 5.10 Å². The minimum Gasteiger partial charge on any atom is -0.302 e. The SMILES string of the molecule is CN(CCc1cnn(C)c1)Cc1cn(C)nc1-c1ccc(C2CCCCC2)cc1. The first kappa shape index (κ1) is 19.9. The molecule has 154 valence electrons. The summed E-state index contributed by atoms with van der Waals surface area (Å²) < 4.78 is 3.81. The van der Waals surface area contributed by atoms with Gasteiger partial charge in [0.15, 0.2) is 0 Å². The van der Waals surface area contributed by atoms with Crippen molar-refractivity contribution in [1.82, 2.24) is 24.5 Å². The van der Waals surface area contributed by atoms with Crippen molar-refractivity contribution in [1.29, 1.82) is 0 Å². The summed E-state index contributed by atoms with van der Waals surface area (Å²) in [6.07, 6.45) is 14.1. The van der Waals surface area contributed by atoms with Crippen LogP contribution in [0.5, 0.6) is 0 Å². The van der Waals surface area contributed by atoms with E-state index in [0.717, 1.165) is 31.1 Å². The number of aryl methyl sites for hydroxylation is 2. The third kappa shape index (κ3) is 4.96. The van der Waals surface area contributed by atoms with Crippen molar-refractivity contribution in [2.75, 3.05) is 13.6 Å². The van der Waals surface area contributed by atoms with E-state index in [1.807, 2.05) is 29.7 Å². The fourth-order valence-corrected chi connectivity index (χ4v) is 4.54. The average Bonchev–Trinajstić information content (AvgIpc) is 3.32. The van der Waals surface area contributed by atoms with E-state index in [1.165, 1.54) is 54.4 Å². The van der Waals surface area contributed by atoms with Crippen molar-refractivity contribution in [3.8, 4) is 11.3 Å². The largest absolute Gasteiger partial charge is 0.302 e. The molecule has 1 aliphatic carbocycles. The summed E-state index contributed by atoms with van der Waals surface area (Å²) in [6, 6.07) is 9.20. The van der Waals surface area contributed by atoms with E-state index in [9.17, 15) is 0 Å². The number of benzene rings is 1. The molecular formula is C24H33N5. The molecule has 1 fully saturated rings. The monoisotopic (exact) mass is 391 g/mol. The summed E-state index contributed by atoms with van der Waals surface area (Å²) in [5.41, 5.74) is 6.40. The van der Waals surface area contributed by atoms with Gasteiger partial charge in [-0.3, -0.25) is 9.36 Å². The Morgan fingerprint density at radius 1 is 1.00 bits per heavy atom. The Bertz CT molecular complexity index is 915. The molecule has 5 heteroatoms. The highest BCUT2D eigenvalue weighted by molar-refractivity contribution is 5.63. The van der Waals surface area contributed by atoms with E-state index in [2.05, 4.69) is 53.7 Å². The van der Waals surface area contributed by atoms with Gasteiger partial charge < -0.3 is 4.90 Å². The maximum atomic E-state index is 4.77. The zero-order valence-corrected chi connectivity index (χ0v) is 18.0. The van der Waals surface area contributed by atoms with Gasteiger partial charge in [0, 0.05) is 50.7 Å². The molecule has 0 unspecified atom stereocenters. The molecule has 0 bridgehead atoms. The molecule has 2 aromatic heterocycles. The lowest BCUT2D eigenvalue weighted by Crippen LogP contribution is -2.20. The van der Waals surface area contributed by atoms with Crippen LogP contribution < -0.4 is 0 Å². The van der Waals surface area contributed by atoms with Gasteiger partial charge in [0.05, 0.1) is 11.9 Å². The molecule has 1 saturated carbocycles. The van der Waals surface area contributed by atoms with Gasteiger partial charge in [-0.25, -0.2) is 0 Å². The zero-order chi connectivity index (χ0) is 20.2. The molecule has 0 atom stereocenters. The highest BCUT2D eigenvalue weighted by Crippen LogP contribution is 2.33. The fraction of sp³-hybridized carbons (Fsp3) is 0.500. The quantitative estimate of drug-likeness (QED) is 0.593. The van der Waals surface area contributed by atoms with Gasteiger partial charge in [0.1, 0.15) is 0 Å². The molecule has 0 saturated heterocycles. The Morgan fingerprint density at radius 3 is 2.45 bits per heavy atom. The number of hydrogen-bond donors (Lipinski definition) is 0. The van der Waals surface area contributed by atoms with Crippen LogP contribution in [0.3, 0.4) is 0 Å². The molecule has 3 aromatic rings. The summed E-state index contributed by atoms with van der Waals surface area (Å²) in [5, 5.41) is 9.04. The van der Waals surface area contributed by atoms with Crippen LogP contribution in [0.2, 0.25) is 0 Å².